The van der Waals surface area contributed by atoms with Gasteiger partial charge in [0.05, 0.1) is 6.61 Å². The van der Waals surface area contributed by atoms with Crippen molar-refractivity contribution in [3.8, 4) is 0 Å². The van der Waals surface area contributed by atoms with Crippen LogP contribution in [0.1, 0.15) is 13.8 Å². The predicted octanol–water partition coefficient (Wildman–Crippen LogP) is 10.7. The van der Waals surface area contributed by atoms with E-state index in [1.807, 2.05) is 218 Å². The molecule has 0 spiro atoms. The third-order valence-corrected chi connectivity index (χ3v) is 4.35. The molecule has 0 aromatic heterocycles. The summed E-state index contributed by atoms with van der Waals surface area (Å²) in [5.41, 5.74) is 0. The van der Waals surface area contributed by atoms with Gasteiger partial charge >= 0.3 is 5.97 Å². The van der Waals surface area contributed by atoms with Gasteiger partial charge < -0.3 is 4.74 Å². The fraction of sp³-hybridized carbons (Fsp3) is 0.0750. The van der Waals surface area contributed by atoms with Crippen LogP contribution in [0.25, 0.3) is 0 Å². The second-order valence-corrected chi connectivity index (χ2v) is 7.85. The van der Waals surface area contributed by atoms with Crippen molar-refractivity contribution in [1.29, 1.82) is 0 Å². The van der Waals surface area contributed by atoms with Crippen LogP contribution in [0.15, 0.2) is 218 Å². The first-order chi connectivity index (χ1) is 20.8. The number of hydrogen-bond donors (Lipinski definition) is 0. The molecule has 0 heterocycles. The van der Waals surface area contributed by atoms with Crippen LogP contribution in [0.3, 0.4) is 0 Å². The van der Waals surface area contributed by atoms with Crippen molar-refractivity contribution in [3.63, 3.8) is 0 Å². The Labute approximate surface area is 253 Å². The van der Waals surface area contributed by atoms with E-state index >= 15 is 0 Å². The molecule has 0 bridgehead atoms. The molecule has 0 atom stereocenters. The molecule has 0 aliphatic heterocycles. The lowest BCUT2D eigenvalue weighted by molar-refractivity contribution is -0.140. The standard InChI is InChI=1S/6C6H6.C4H8O2/c6*1-2-4-6-5-3-1;1-3-6-4(2)5/h6*1-6H;3H2,1-2H3. The van der Waals surface area contributed by atoms with Gasteiger partial charge in [-0.15, -0.1) is 0 Å². The molecule has 2 heteroatoms. The summed E-state index contributed by atoms with van der Waals surface area (Å²) in [6, 6.07) is 72.0. The van der Waals surface area contributed by atoms with Crippen molar-refractivity contribution < 1.29 is 9.53 Å². The molecular weight excluding hydrogens is 512 g/mol. The Kier molecular flexibility index (Phi) is 29.6. The number of esters is 1. The van der Waals surface area contributed by atoms with Gasteiger partial charge in [-0.2, -0.15) is 0 Å². The van der Waals surface area contributed by atoms with Gasteiger partial charge in [0.15, 0.2) is 0 Å². The van der Waals surface area contributed by atoms with E-state index in [-0.39, 0.29) is 5.97 Å². The van der Waals surface area contributed by atoms with E-state index in [0.29, 0.717) is 6.61 Å². The molecule has 0 radical (unpaired) electrons. The highest BCUT2D eigenvalue weighted by Crippen LogP contribution is 1.83. The molecule has 0 aliphatic rings. The minimum Gasteiger partial charge on any atom is -0.466 e. The van der Waals surface area contributed by atoms with Gasteiger partial charge in [0.1, 0.15) is 0 Å². The van der Waals surface area contributed by atoms with Crippen molar-refractivity contribution in [2.75, 3.05) is 6.61 Å². The van der Waals surface area contributed by atoms with Gasteiger partial charge in [0.25, 0.3) is 0 Å². The third kappa shape index (κ3) is 34.8. The van der Waals surface area contributed by atoms with Crippen molar-refractivity contribution in [2.24, 2.45) is 0 Å². The number of carbonyl (C=O) groups is 1. The van der Waals surface area contributed by atoms with Crippen LogP contribution in [0, 0.1) is 0 Å². The lowest BCUT2D eigenvalue weighted by Crippen LogP contribution is -1.95. The maximum absolute atomic E-state index is 9.82. The summed E-state index contributed by atoms with van der Waals surface area (Å²) >= 11 is 0. The average molecular weight is 557 g/mol. The molecule has 0 amide bonds. The van der Waals surface area contributed by atoms with Crippen molar-refractivity contribution in [3.05, 3.63) is 218 Å². The third-order valence-electron chi connectivity index (χ3n) is 4.35. The minimum atomic E-state index is -0.211. The largest absolute Gasteiger partial charge is 0.466 e. The van der Waals surface area contributed by atoms with E-state index in [2.05, 4.69) is 4.74 Å². The maximum Gasteiger partial charge on any atom is 0.302 e. The highest BCUT2D eigenvalue weighted by molar-refractivity contribution is 5.65. The molecule has 6 rings (SSSR count). The molecule has 0 fully saturated rings. The average Bonchev–Trinajstić information content (AvgIpc) is 3.11. The van der Waals surface area contributed by atoms with Crippen LogP contribution < -0.4 is 0 Å². The molecule has 0 N–H and O–H groups in total. The topological polar surface area (TPSA) is 26.3 Å². The Bertz CT molecular complexity index is 813. The van der Waals surface area contributed by atoms with Crippen LogP contribution in [-0.4, -0.2) is 12.6 Å². The van der Waals surface area contributed by atoms with E-state index in [1.165, 1.54) is 6.92 Å². The van der Waals surface area contributed by atoms with E-state index in [0.717, 1.165) is 0 Å². The number of hydrogen-bond acceptors (Lipinski definition) is 2. The fourth-order valence-electron chi connectivity index (χ4n) is 2.51. The molecule has 0 saturated carbocycles. The molecule has 0 aliphatic carbocycles. The Morgan fingerprint density at radius 1 is 0.310 bits per heavy atom. The Balaban J connectivity index is 0.000000467. The number of benzene rings is 6. The molecule has 42 heavy (non-hydrogen) atoms. The number of carbonyl (C=O) groups excluding carboxylic acids is 1. The zero-order chi connectivity index (χ0) is 30.4. The van der Waals surface area contributed by atoms with Crippen molar-refractivity contribution in [2.45, 2.75) is 13.8 Å². The van der Waals surface area contributed by atoms with E-state index in [1.54, 1.807) is 6.92 Å². The van der Waals surface area contributed by atoms with Crippen molar-refractivity contribution in [1.82, 2.24) is 0 Å². The highest BCUT2D eigenvalue weighted by atomic mass is 16.5. The first-order valence-corrected chi connectivity index (χ1v) is 13.9. The number of rotatable bonds is 1. The molecule has 6 aromatic rings. The molecule has 0 unspecified atom stereocenters. The summed E-state index contributed by atoms with van der Waals surface area (Å²) in [5, 5.41) is 0. The fourth-order valence-corrected chi connectivity index (χ4v) is 2.51. The summed E-state index contributed by atoms with van der Waals surface area (Å²) < 4.78 is 4.40. The van der Waals surface area contributed by atoms with E-state index in [9.17, 15) is 4.79 Å². The zero-order valence-electron chi connectivity index (χ0n) is 24.8. The van der Waals surface area contributed by atoms with Crippen LogP contribution in [0.4, 0.5) is 0 Å². The lowest BCUT2D eigenvalue weighted by atomic mass is 10.4. The second-order valence-electron chi connectivity index (χ2n) is 7.85. The quantitative estimate of drug-likeness (QED) is 0.188. The normalized spacial score (nSPS) is 7.95. The SMILES string of the molecule is CCOC(C)=O.c1ccccc1.c1ccccc1.c1ccccc1.c1ccccc1.c1ccccc1.c1ccccc1. The highest BCUT2D eigenvalue weighted by Gasteiger charge is 1.81. The smallest absolute Gasteiger partial charge is 0.302 e. The Hall–Kier alpha value is -5.21. The molecule has 2 nitrogen and oxygen atoms in total. The van der Waals surface area contributed by atoms with Gasteiger partial charge in [0, 0.05) is 6.92 Å². The predicted molar refractivity (Wildman–Crippen MR) is 181 cm³/mol. The van der Waals surface area contributed by atoms with Gasteiger partial charge in [-0.25, -0.2) is 0 Å². The van der Waals surface area contributed by atoms with E-state index in [4.69, 9.17) is 0 Å². The van der Waals surface area contributed by atoms with Crippen molar-refractivity contribution >= 4 is 5.97 Å². The van der Waals surface area contributed by atoms with Crippen LogP contribution in [0.2, 0.25) is 0 Å². The monoisotopic (exact) mass is 556 g/mol. The Morgan fingerprint density at radius 3 is 0.429 bits per heavy atom. The van der Waals surface area contributed by atoms with Gasteiger partial charge in [-0.3, -0.25) is 4.79 Å². The lowest BCUT2D eigenvalue weighted by Gasteiger charge is -1.89. The van der Waals surface area contributed by atoms with Gasteiger partial charge in [-0.1, -0.05) is 218 Å². The summed E-state index contributed by atoms with van der Waals surface area (Å²) in [7, 11) is 0. The van der Waals surface area contributed by atoms with E-state index < -0.39 is 0 Å². The molecule has 0 saturated heterocycles. The molecule has 216 valence electrons. The second kappa shape index (κ2) is 33.8. The Morgan fingerprint density at radius 2 is 0.405 bits per heavy atom. The van der Waals surface area contributed by atoms with Gasteiger partial charge in [0.2, 0.25) is 0 Å². The minimum absolute atomic E-state index is 0.211. The summed E-state index contributed by atoms with van der Waals surface area (Å²) in [6.45, 7) is 3.65. The van der Waals surface area contributed by atoms with Gasteiger partial charge in [-0.05, 0) is 6.92 Å². The summed E-state index contributed by atoms with van der Waals surface area (Å²) in [6.07, 6.45) is 0. The van der Waals surface area contributed by atoms with Crippen LogP contribution in [0.5, 0.6) is 0 Å². The molecular formula is C40H44O2. The number of ether oxygens (including phenoxy) is 1. The zero-order valence-corrected chi connectivity index (χ0v) is 24.8. The maximum atomic E-state index is 9.82. The van der Waals surface area contributed by atoms with Crippen LogP contribution in [-0.2, 0) is 9.53 Å². The first kappa shape index (κ1) is 36.8. The molecule has 6 aromatic carbocycles. The first-order valence-electron chi connectivity index (χ1n) is 13.9. The summed E-state index contributed by atoms with van der Waals surface area (Å²) in [5.74, 6) is -0.211. The summed E-state index contributed by atoms with van der Waals surface area (Å²) in [4.78, 5) is 9.82. The van der Waals surface area contributed by atoms with Crippen LogP contribution >= 0.6 is 0 Å².